The lowest BCUT2D eigenvalue weighted by Crippen LogP contribution is -2.43. The fourth-order valence-electron chi connectivity index (χ4n) is 3.86. The molecular formula is C22H19ClF3N3O3S. The van der Waals surface area contributed by atoms with Crippen molar-refractivity contribution in [1.82, 2.24) is 9.29 Å². The van der Waals surface area contributed by atoms with Gasteiger partial charge in [0, 0.05) is 30.4 Å². The second-order valence-electron chi connectivity index (χ2n) is 7.72. The van der Waals surface area contributed by atoms with Crippen LogP contribution >= 0.6 is 11.6 Å². The van der Waals surface area contributed by atoms with Crippen LogP contribution in [0, 0.1) is 5.92 Å². The maximum Gasteiger partial charge on any atom is 0.417 e. The van der Waals surface area contributed by atoms with Gasteiger partial charge in [-0.15, -0.1) is 0 Å². The highest BCUT2D eigenvalue weighted by Gasteiger charge is 2.36. The average Bonchev–Trinajstić information content (AvgIpc) is 2.79. The number of nitrogens with zero attached hydrogens (tertiary/aromatic N) is 2. The van der Waals surface area contributed by atoms with Gasteiger partial charge in [-0.25, -0.2) is 8.42 Å². The molecule has 33 heavy (non-hydrogen) atoms. The summed E-state index contributed by atoms with van der Waals surface area (Å²) in [6.45, 7) is 0.144. The van der Waals surface area contributed by atoms with Gasteiger partial charge in [0.05, 0.1) is 22.0 Å². The van der Waals surface area contributed by atoms with Crippen LogP contribution in [0.5, 0.6) is 0 Å². The molecule has 0 spiro atoms. The number of para-hydroxylation sites is 1. The molecule has 0 saturated carbocycles. The van der Waals surface area contributed by atoms with Crippen molar-refractivity contribution in [2.75, 3.05) is 18.4 Å². The van der Waals surface area contributed by atoms with E-state index in [-0.39, 0.29) is 23.7 Å². The number of sulfonamides is 1. The number of fused-ring (bicyclic) bond motifs is 1. The van der Waals surface area contributed by atoms with Gasteiger partial charge in [0.15, 0.2) is 0 Å². The number of nitrogens with one attached hydrogen (secondary N) is 1. The third-order valence-corrected chi connectivity index (χ3v) is 7.73. The molecule has 0 radical (unpaired) electrons. The molecule has 1 aliphatic rings. The lowest BCUT2D eigenvalue weighted by molar-refractivity contribution is -0.137. The molecule has 1 fully saturated rings. The SMILES string of the molecule is O=C(Nc1ccc(Cl)c(C(F)(F)F)c1)[C@@H]1CCCN(S(=O)(=O)c2cccc3cccnc23)C1. The first-order valence-electron chi connectivity index (χ1n) is 10.1. The Balaban J connectivity index is 1.54. The van der Waals surface area contributed by atoms with Crippen LogP contribution in [-0.2, 0) is 21.0 Å². The van der Waals surface area contributed by atoms with Gasteiger partial charge < -0.3 is 5.32 Å². The van der Waals surface area contributed by atoms with Crippen LogP contribution in [0.25, 0.3) is 10.9 Å². The zero-order chi connectivity index (χ0) is 23.8. The standard InChI is InChI=1S/C22H19ClF3N3O3S/c23-18-9-8-16(12-17(18)22(24,25)26)28-21(30)15-6-3-11-29(13-15)33(31,32)19-7-1-4-14-5-2-10-27-20(14)19/h1-2,4-5,7-10,12,15H,3,6,11,13H2,(H,28,30)/t15-/m1/s1. The number of anilines is 1. The molecular weight excluding hydrogens is 479 g/mol. The zero-order valence-electron chi connectivity index (χ0n) is 17.1. The second kappa shape index (κ2) is 8.92. The van der Waals surface area contributed by atoms with E-state index < -0.39 is 38.6 Å². The number of carbonyl (C=O) groups excluding carboxylic acids is 1. The minimum atomic E-state index is -4.67. The van der Waals surface area contributed by atoms with Crippen molar-refractivity contribution in [1.29, 1.82) is 0 Å². The summed E-state index contributed by atoms with van der Waals surface area (Å²) < 4.78 is 67.2. The molecule has 6 nitrogen and oxygen atoms in total. The van der Waals surface area contributed by atoms with Crippen molar-refractivity contribution in [2.45, 2.75) is 23.9 Å². The number of halogens is 4. The van der Waals surface area contributed by atoms with Crippen LogP contribution in [0.15, 0.2) is 59.6 Å². The quantitative estimate of drug-likeness (QED) is 0.553. The molecule has 2 heterocycles. The van der Waals surface area contributed by atoms with Crippen LogP contribution in [0.1, 0.15) is 18.4 Å². The number of amides is 1. The van der Waals surface area contributed by atoms with Crippen molar-refractivity contribution in [2.24, 2.45) is 5.92 Å². The monoisotopic (exact) mass is 497 g/mol. The van der Waals surface area contributed by atoms with E-state index in [2.05, 4.69) is 10.3 Å². The normalized spacial score (nSPS) is 17.8. The van der Waals surface area contributed by atoms with Crippen LogP contribution in [0.2, 0.25) is 5.02 Å². The van der Waals surface area contributed by atoms with Gasteiger partial charge in [-0.2, -0.15) is 17.5 Å². The molecule has 4 rings (SSSR count). The highest BCUT2D eigenvalue weighted by atomic mass is 35.5. The minimum Gasteiger partial charge on any atom is -0.326 e. The number of hydrogen-bond donors (Lipinski definition) is 1. The fourth-order valence-corrected chi connectivity index (χ4v) is 5.78. The molecule has 2 aromatic carbocycles. The van der Waals surface area contributed by atoms with Gasteiger partial charge in [0.25, 0.3) is 0 Å². The van der Waals surface area contributed by atoms with Gasteiger partial charge in [-0.05, 0) is 43.2 Å². The zero-order valence-corrected chi connectivity index (χ0v) is 18.7. The predicted octanol–water partition coefficient (Wildman–Crippen LogP) is 4.95. The van der Waals surface area contributed by atoms with Gasteiger partial charge in [-0.1, -0.05) is 29.8 Å². The topological polar surface area (TPSA) is 79.4 Å². The van der Waals surface area contributed by atoms with Crippen molar-refractivity contribution in [3.8, 4) is 0 Å². The highest BCUT2D eigenvalue weighted by molar-refractivity contribution is 7.89. The number of benzene rings is 2. The van der Waals surface area contributed by atoms with E-state index in [1.54, 1.807) is 24.3 Å². The molecule has 0 aliphatic carbocycles. The Labute approximate surface area is 193 Å². The summed E-state index contributed by atoms with van der Waals surface area (Å²) in [5, 5.41) is 2.66. The fraction of sp³-hybridized carbons (Fsp3) is 0.273. The Kier molecular flexibility index (Phi) is 6.35. The summed E-state index contributed by atoms with van der Waals surface area (Å²) in [6, 6.07) is 11.4. The van der Waals surface area contributed by atoms with Gasteiger partial charge in [0.1, 0.15) is 4.90 Å². The first-order valence-corrected chi connectivity index (χ1v) is 11.9. The largest absolute Gasteiger partial charge is 0.417 e. The molecule has 1 atom stereocenters. The molecule has 1 aromatic heterocycles. The maximum atomic E-state index is 13.3. The predicted molar refractivity (Wildman–Crippen MR) is 118 cm³/mol. The number of pyridine rings is 1. The number of carbonyl (C=O) groups is 1. The van der Waals surface area contributed by atoms with E-state index in [4.69, 9.17) is 11.6 Å². The Morgan fingerprint density at radius 1 is 1.15 bits per heavy atom. The van der Waals surface area contributed by atoms with Crippen LogP contribution in [0.4, 0.5) is 18.9 Å². The van der Waals surface area contributed by atoms with E-state index >= 15 is 0 Å². The average molecular weight is 498 g/mol. The van der Waals surface area contributed by atoms with Crippen molar-refractivity contribution in [3.63, 3.8) is 0 Å². The van der Waals surface area contributed by atoms with Gasteiger partial charge in [-0.3, -0.25) is 9.78 Å². The third-order valence-electron chi connectivity index (χ3n) is 5.51. The molecule has 1 aliphatic heterocycles. The molecule has 0 bridgehead atoms. The van der Waals surface area contributed by atoms with Crippen LogP contribution in [-0.4, -0.2) is 36.7 Å². The maximum absolute atomic E-state index is 13.3. The summed E-state index contributed by atoms with van der Waals surface area (Å²) in [5.41, 5.74) is -0.777. The molecule has 1 N–H and O–H groups in total. The summed E-state index contributed by atoms with van der Waals surface area (Å²) in [5.74, 6) is -1.28. The number of rotatable bonds is 4. The van der Waals surface area contributed by atoms with E-state index in [1.807, 2.05) is 0 Å². The van der Waals surface area contributed by atoms with Crippen molar-refractivity contribution in [3.05, 3.63) is 65.3 Å². The van der Waals surface area contributed by atoms with Crippen molar-refractivity contribution < 1.29 is 26.4 Å². The van der Waals surface area contributed by atoms with E-state index in [0.29, 0.717) is 23.7 Å². The first-order chi connectivity index (χ1) is 15.6. The van der Waals surface area contributed by atoms with Gasteiger partial charge >= 0.3 is 6.18 Å². The van der Waals surface area contributed by atoms with Crippen molar-refractivity contribution >= 4 is 44.1 Å². The van der Waals surface area contributed by atoms with Gasteiger partial charge in [0.2, 0.25) is 15.9 Å². The smallest absolute Gasteiger partial charge is 0.326 e. The number of piperidine rings is 1. The lowest BCUT2D eigenvalue weighted by Gasteiger charge is -2.31. The number of aromatic nitrogens is 1. The van der Waals surface area contributed by atoms with E-state index in [0.717, 1.165) is 12.1 Å². The van der Waals surface area contributed by atoms with E-state index in [9.17, 15) is 26.4 Å². The molecule has 1 saturated heterocycles. The molecule has 174 valence electrons. The summed E-state index contributed by atoms with van der Waals surface area (Å²) in [6.07, 6.45) is -2.32. The summed E-state index contributed by atoms with van der Waals surface area (Å²) in [4.78, 5) is 17.0. The highest BCUT2D eigenvalue weighted by Crippen LogP contribution is 2.36. The summed E-state index contributed by atoms with van der Waals surface area (Å²) in [7, 11) is -3.93. The molecule has 3 aromatic rings. The molecule has 0 unspecified atom stereocenters. The van der Waals surface area contributed by atoms with Crippen LogP contribution in [0.3, 0.4) is 0 Å². The summed E-state index contributed by atoms with van der Waals surface area (Å²) >= 11 is 5.62. The Bertz CT molecular complexity index is 1310. The first kappa shape index (κ1) is 23.5. The Hall–Kier alpha value is -2.69. The van der Waals surface area contributed by atoms with Crippen LogP contribution < -0.4 is 5.32 Å². The Morgan fingerprint density at radius 2 is 1.91 bits per heavy atom. The molecule has 1 amide bonds. The second-order valence-corrected chi connectivity index (χ2v) is 10.0. The minimum absolute atomic E-state index is 0.0502. The number of hydrogen-bond acceptors (Lipinski definition) is 4. The number of alkyl halides is 3. The lowest BCUT2D eigenvalue weighted by atomic mass is 9.98. The van der Waals surface area contributed by atoms with E-state index in [1.165, 1.54) is 22.6 Å². The Morgan fingerprint density at radius 3 is 2.67 bits per heavy atom. The molecule has 11 heteroatoms. The third kappa shape index (κ3) is 4.83.